The van der Waals surface area contributed by atoms with Crippen molar-refractivity contribution in [3.63, 3.8) is 0 Å². The molecule has 3 aromatic carbocycles. The number of fused-ring (bicyclic) bond motifs is 1. The van der Waals surface area contributed by atoms with Crippen LogP contribution in [-0.2, 0) is 16.1 Å². The summed E-state index contributed by atoms with van der Waals surface area (Å²) in [4.78, 5) is 29.8. The van der Waals surface area contributed by atoms with Crippen LogP contribution in [0.1, 0.15) is 28.3 Å². The van der Waals surface area contributed by atoms with Crippen molar-refractivity contribution in [1.82, 2.24) is 9.55 Å². The third kappa shape index (κ3) is 5.43. The fourth-order valence-electron chi connectivity index (χ4n) is 3.36. The number of halogens is 2. The van der Waals surface area contributed by atoms with Gasteiger partial charge in [-0.3, -0.25) is 9.36 Å². The molecule has 0 radical (unpaired) electrons. The number of imidazole rings is 1. The van der Waals surface area contributed by atoms with Crippen molar-refractivity contribution in [2.75, 3.05) is 11.1 Å². The van der Waals surface area contributed by atoms with E-state index in [4.69, 9.17) is 4.74 Å². The van der Waals surface area contributed by atoms with Crippen LogP contribution < -0.4 is 5.32 Å². The molecule has 0 unspecified atom stereocenters. The fraction of sp³-hybridized carbons (Fsp3) is 0.160. The van der Waals surface area contributed by atoms with Crippen LogP contribution in [0, 0.1) is 6.92 Å². The molecule has 4 rings (SSSR count). The van der Waals surface area contributed by atoms with Gasteiger partial charge in [-0.1, -0.05) is 42.0 Å². The summed E-state index contributed by atoms with van der Waals surface area (Å²) in [7, 11) is 0. The van der Waals surface area contributed by atoms with E-state index in [1.807, 2.05) is 31.2 Å². The van der Waals surface area contributed by atoms with E-state index in [0.29, 0.717) is 16.1 Å². The molecule has 1 aromatic heterocycles. The summed E-state index contributed by atoms with van der Waals surface area (Å²) in [6.45, 7) is -1.28. The molecule has 9 heteroatoms. The Balaban J connectivity index is 1.42. The number of aromatic nitrogens is 2. The number of hydrogen-bond donors (Lipinski definition) is 1. The number of esters is 1. The Hall–Kier alpha value is -3.72. The molecule has 6 nitrogen and oxygen atoms in total. The Morgan fingerprint density at radius 2 is 1.74 bits per heavy atom. The number of amides is 1. The second-order valence-electron chi connectivity index (χ2n) is 7.44. The maximum absolute atomic E-state index is 13.6. The van der Waals surface area contributed by atoms with Gasteiger partial charge in [0.05, 0.1) is 22.3 Å². The second-order valence-corrected chi connectivity index (χ2v) is 8.46. The number of ether oxygens (including phenoxy) is 1. The van der Waals surface area contributed by atoms with Gasteiger partial charge in [-0.2, -0.15) is 8.78 Å². The number of thioether (sulfide) groups is 1. The minimum Gasteiger partial charge on any atom is -0.454 e. The van der Waals surface area contributed by atoms with Crippen LogP contribution in [-0.4, -0.2) is 27.2 Å². The molecule has 0 spiro atoms. The van der Waals surface area contributed by atoms with Crippen molar-refractivity contribution >= 4 is 40.4 Å². The highest BCUT2D eigenvalue weighted by molar-refractivity contribution is 8.00. The molecular formula is C25H21F2N3O3S. The molecular weight excluding hydrogens is 460 g/mol. The van der Waals surface area contributed by atoms with Gasteiger partial charge in [-0.15, -0.1) is 11.8 Å². The number of nitrogens with zero attached hydrogens (tertiary/aromatic N) is 2. The van der Waals surface area contributed by atoms with Gasteiger partial charge in [0.1, 0.15) is 6.61 Å². The Morgan fingerprint density at radius 3 is 2.50 bits per heavy atom. The molecule has 1 amide bonds. The number of carbonyl (C=O) groups excluding carboxylic acids is 2. The minimum absolute atomic E-state index is 0.0489. The Bertz CT molecular complexity index is 1320. The number of hydrogen-bond acceptors (Lipinski definition) is 5. The van der Waals surface area contributed by atoms with Gasteiger partial charge in [-0.05, 0) is 43.3 Å². The van der Waals surface area contributed by atoms with E-state index < -0.39 is 19.1 Å². The lowest BCUT2D eigenvalue weighted by Crippen LogP contribution is -2.15. The summed E-state index contributed by atoms with van der Waals surface area (Å²) in [5.74, 6) is -0.871. The zero-order chi connectivity index (χ0) is 24.1. The van der Waals surface area contributed by atoms with E-state index in [0.717, 1.165) is 10.1 Å². The number of para-hydroxylation sites is 2. The van der Waals surface area contributed by atoms with Crippen LogP contribution in [0.2, 0.25) is 0 Å². The maximum atomic E-state index is 13.6. The first-order chi connectivity index (χ1) is 16.4. The lowest BCUT2D eigenvalue weighted by Gasteiger charge is -2.11. The van der Waals surface area contributed by atoms with E-state index in [9.17, 15) is 18.4 Å². The standard InChI is InChI=1S/C25H21F2N3O3S/c1-16-10-12-17(13-11-16)28-23(31)15-34-21-9-5-2-6-18(21)24(32)33-14-22-29-19-7-3-4-8-20(19)30(22)25(26)27/h2-13,25H,14-15H2,1H3,(H,28,31). The average Bonchev–Trinajstić information content (AvgIpc) is 3.21. The third-order valence-electron chi connectivity index (χ3n) is 5.00. The summed E-state index contributed by atoms with van der Waals surface area (Å²) in [6, 6.07) is 20.6. The lowest BCUT2D eigenvalue weighted by molar-refractivity contribution is -0.113. The Labute approximate surface area is 198 Å². The van der Waals surface area contributed by atoms with Gasteiger partial charge in [0, 0.05) is 10.6 Å². The second kappa shape index (κ2) is 10.5. The largest absolute Gasteiger partial charge is 0.454 e. The average molecular weight is 482 g/mol. The molecule has 0 saturated heterocycles. The number of nitrogens with one attached hydrogen (secondary N) is 1. The van der Waals surface area contributed by atoms with Crippen molar-refractivity contribution in [2.45, 2.75) is 25.0 Å². The molecule has 0 saturated carbocycles. The number of alkyl halides is 2. The van der Waals surface area contributed by atoms with Crippen molar-refractivity contribution in [2.24, 2.45) is 0 Å². The van der Waals surface area contributed by atoms with Gasteiger partial charge in [-0.25, -0.2) is 9.78 Å². The topological polar surface area (TPSA) is 73.2 Å². The molecule has 1 heterocycles. The zero-order valence-corrected chi connectivity index (χ0v) is 19.0. The summed E-state index contributed by atoms with van der Waals surface area (Å²) >= 11 is 1.19. The Morgan fingerprint density at radius 1 is 1.03 bits per heavy atom. The number of carbonyl (C=O) groups is 2. The molecule has 0 atom stereocenters. The molecule has 0 aliphatic carbocycles. The van der Waals surface area contributed by atoms with E-state index in [1.165, 1.54) is 17.8 Å². The molecule has 0 bridgehead atoms. The fourth-order valence-corrected chi connectivity index (χ4v) is 4.20. The van der Waals surface area contributed by atoms with E-state index in [1.54, 1.807) is 42.5 Å². The molecule has 0 aliphatic heterocycles. The smallest absolute Gasteiger partial charge is 0.339 e. The molecule has 4 aromatic rings. The van der Waals surface area contributed by atoms with Gasteiger partial charge >= 0.3 is 12.5 Å². The monoisotopic (exact) mass is 481 g/mol. The third-order valence-corrected chi connectivity index (χ3v) is 6.07. The molecule has 34 heavy (non-hydrogen) atoms. The van der Waals surface area contributed by atoms with Crippen molar-refractivity contribution < 1.29 is 23.1 Å². The highest BCUT2D eigenvalue weighted by atomic mass is 32.2. The summed E-state index contributed by atoms with van der Waals surface area (Å²) in [5.41, 5.74) is 2.67. The zero-order valence-electron chi connectivity index (χ0n) is 18.2. The molecule has 0 aliphatic rings. The molecule has 1 N–H and O–H groups in total. The summed E-state index contributed by atoms with van der Waals surface area (Å²) in [5, 5.41) is 2.81. The first-order valence-electron chi connectivity index (χ1n) is 10.4. The van der Waals surface area contributed by atoms with Crippen LogP contribution in [0.5, 0.6) is 0 Å². The van der Waals surface area contributed by atoms with E-state index in [2.05, 4.69) is 10.3 Å². The predicted molar refractivity (Wildman–Crippen MR) is 127 cm³/mol. The predicted octanol–water partition coefficient (Wildman–Crippen LogP) is 5.83. The Kier molecular flexibility index (Phi) is 7.22. The van der Waals surface area contributed by atoms with Crippen LogP contribution in [0.4, 0.5) is 14.5 Å². The quantitative estimate of drug-likeness (QED) is 0.253. The maximum Gasteiger partial charge on any atom is 0.339 e. The summed E-state index contributed by atoms with van der Waals surface area (Å²) in [6.07, 6.45) is 0. The highest BCUT2D eigenvalue weighted by Crippen LogP contribution is 2.26. The van der Waals surface area contributed by atoms with Crippen molar-refractivity contribution in [3.05, 3.63) is 89.7 Å². The molecule has 174 valence electrons. The van der Waals surface area contributed by atoms with E-state index in [-0.39, 0.29) is 28.6 Å². The van der Waals surface area contributed by atoms with Gasteiger partial charge in [0.15, 0.2) is 5.82 Å². The normalized spacial score (nSPS) is 11.1. The minimum atomic E-state index is -2.82. The van der Waals surface area contributed by atoms with Gasteiger partial charge < -0.3 is 10.1 Å². The molecule has 0 fully saturated rings. The first-order valence-corrected chi connectivity index (χ1v) is 11.4. The number of anilines is 1. The van der Waals surface area contributed by atoms with Crippen LogP contribution >= 0.6 is 11.8 Å². The van der Waals surface area contributed by atoms with E-state index >= 15 is 0 Å². The number of benzene rings is 3. The van der Waals surface area contributed by atoms with Gasteiger partial charge in [0.25, 0.3) is 0 Å². The number of aryl methyl sites for hydroxylation is 1. The SMILES string of the molecule is Cc1ccc(NC(=O)CSc2ccccc2C(=O)OCc2nc3ccccc3n2C(F)F)cc1. The lowest BCUT2D eigenvalue weighted by atomic mass is 10.2. The highest BCUT2D eigenvalue weighted by Gasteiger charge is 2.20. The van der Waals surface area contributed by atoms with Crippen molar-refractivity contribution in [1.29, 1.82) is 0 Å². The van der Waals surface area contributed by atoms with Crippen LogP contribution in [0.25, 0.3) is 11.0 Å². The first kappa shape index (κ1) is 23.4. The van der Waals surface area contributed by atoms with Gasteiger partial charge in [0.2, 0.25) is 5.91 Å². The van der Waals surface area contributed by atoms with Crippen LogP contribution in [0.15, 0.2) is 77.7 Å². The number of rotatable bonds is 8. The van der Waals surface area contributed by atoms with Crippen LogP contribution in [0.3, 0.4) is 0 Å². The summed E-state index contributed by atoms with van der Waals surface area (Å²) < 4.78 is 33.3. The van der Waals surface area contributed by atoms with Crippen molar-refractivity contribution in [3.8, 4) is 0 Å².